The first kappa shape index (κ1) is 13.6. The smallest absolute Gasteiger partial charge is 0.0596 e. The van der Waals surface area contributed by atoms with E-state index in [1.54, 1.807) is 11.3 Å². The molecule has 0 saturated heterocycles. The summed E-state index contributed by atoms with van der Waals surface area (Å²) in [6.45, 7) is 5.04. The number of halogens is 1. The van der Waals surface area contributed by atoms with Crippen molar-refractivity contribution in [2.45, 2.75) is 32.9 Å². The summed E-state index contributed by atoms with van der Waals surface area (Å²) in [5, 5.41) is 10.7. The van der Waals surface area contributed by atoms with Crippen LogP contribution in [0, 0.1) is 6.92 Å². The molecule has 0 fully saturated rings. The van der Waals surface area contributed by atoms with Gasteiger partial charge in [0.25, 0.3) is 0 Å². The van der Waals surface area contributed by atoms with E-state index in [4.69, 9.17) is 11.6 Å². The summed E-state index contributed by atoms with van der Waals surface area (Å²) in [6, 6.07) is 4.35. The Morgan fingerprint density at radius 3 is 2.89 bits per heavy atom. The third-order valence-electron chi connectivity index (χ3n) is 3.01. The number of thiophene rings is 1. The van der Waals surface area contributed by atoms with Gasteiger partial charge in [-0.2, -0.15) is 5.10 Å². The van der Waals surface area contributed by atoms with Crippen LogP contribution in [0.3, 0.4) is 0 Å². The molecule has 1 N–H and O–H groups in total. The molecule has 0 radical (unpaired) electrons. The number of nitrogens with zero attached hydrogens (tertiary/aromatic N) is 2. The number of likely N-dealkylation sites (N-methyl/N-ethyl adjacent to an activating group) is 1. The van der Waals surface area contributed by atoms with E-state index in [0.717, 1.165) is 23.7 Å². The van der Waals surface area contributed by atoms with Crippen LogP contribution in [-0.2, 0) is 13.0 Å². The van der Waals surface area contributed by atoms with Gasteiger partial charge in [0.05, 0.1) is 10.7 Å². The predicted molar refractivity (Wildman–Crippen MR) is 77.5 cm³/mol. The molecule has 0 aliphatic carbocycles. The van der Waals surface area contributed by atoms with Gasteiger partial charge >= 0.3 is 0 Å². The second kappa shape index (κ2) is 5.87. The fourth-order valence-electron chi connectivity index (χ4n) is 2.13. The van der Waals surface area contributed by atoms with Crippen LogP contribution < -0.4 is 5.32 Å². The van der Waals surface area contributed by atoms with Crippen molar-refractivity contribution in [3.05, 3.63) is 38.8 Å². The van der Waals surface area contributed by atoms with Crippen molar-refractivity contribution in [1.82, 2.24) is 15.1 Å². The van der Waals surface area contributed by atoms with Gasteiger partial charge in [-0.1, -0.05) is 11.6 Å². The van der Waals surface area contributed by atoms with Crippen LogP contribution in [0.5, 0.6) is 0 Å². The van der Waals surface area contributed by atoms with Gasteiger partial charge in [-0.25, -0.2) is 0 Å². The Kier molecular flexibility index (Phi) is 4.43. The molecule has 0 amide bonds. The average molecular weight is 284 g/mol. The van der Waals surface area contributed by atoms with Gasteiger partial charge in [0, 0.05) is 29.6 Å². The lowest BCUT2D eigenvalue weighted by Gasteiger charge is -2.15. The monoisotopic (exact) mass is 283 g/mol. The number of nitrogens with one attached hydrogen (secondary N) is 1. The topological polar surface area (TPSA) is 29.9 Å². The maximum atomic E-state index is 6.21. The van der Waals surface area contributed by atoms with E-state index in [0.29, 0.717) is 0 Å². The zero-order chi connectivity index (χ0) is 13.1. The molecular weight excluding hydrogens is 266 g/mol. The molecule has 1 unspecified atom stereocenters. The van der Waals surface area contributed by atoms with E-state index in [2.05, 4.69) is 28.1 Å². The molecule has 2 aromatic rings. The minimum absolute atomic E-state index is 0.249. The largest absolute Gasteiger partial charge is 0.312 e. The second-order valence-electron chi connectivity index (χ2n) is 4.27. The summed E-state index contributed by atoms with van der Waals surface area (Å²) < 4.78 is 2.06. The molecule has 5 heteroatoms. The third kappa shape index (κ3) is 2.76. The Morgan fingerprint density at radius 1 is 1.56 bits per heavy atom. The van der Waals surface area contributed by atoms with Crippen molar-refractivity contribution < 1.29 is 0 Å². The lowest BCUT2D eigenvalue weighted by atomic mass is 10.1. The van der Waals surface area contributed by atoms with Crippen LogP contribution in [0.2, 0.25) is 5.02 Å². The molecule has 0 aliphatic rings. The maximum absolute atomic E-state index is 6.21. The van der Waals surface area contributed by atoms with E-state index < -0.39 is 0 Å². The van der Waals surface area contributed by atoms with Gasteiger partial charge in [0.1, 0.15) is 0 Å². The first-order valence-electron chi connectivity index (χ1n) is 6.09. The van der Waals surface area contributed by atoms with Crippen LogP contribution in [0.15, 0.2) is 17.5 Å². The minimum atomic E-state index is 0.249. The number of hydrogen-bond donors (Lipinski definition) is 1. The van der Waals surface area contributed by atoms with Crippen LogP contribution in [-0.4, -0.2) is 16.8 Å². The Bertz CT molecular complexity index is 518. The fraction of sp³-hybridized carbons (Fsp3) is 0.462. The molecule has 98 valence electrons. The number of aromatic nitrogens is 2. The van der Waals surface area contributed by atoms with Gasteiger partial charge in [-0.05, 0) is 38.4 Å². The molecule has 0 spiro atoms. The summed E-state index contributed by atoms with van der Waals surface area (Å²) in [4.78, 5) is 1.20. The van der Waals surface area contributed by atoms with E-state index in [-0.39, 0.29) is 6.04 Å². The highest BCUT2D eigenvalue weighted by Gasteiger charge is 2.17. The molecule has 2 rings (SSSR count). The highest BCUT2D eigenvalue weighted by Crippen LogP contribution is 2.30. The van der Waals surface area contributed by atoms with Gasteiger partial charge < -0.3 is 5.32 Å². The lowest BCUT2D eigenvalue weighted by molar-refractivity contribution is 0.547. The normalized spacial score (nSPS) is 12.9. The summed E-state index contributed by atoms with van der Waals surface area (Å²) in [5.41, 5.74) is 2.32. The first-order valence-corrected chi connectivity index (χ1v) is 7.35. The standard InChI is InChI=1S/C13H18ClN3S/c1-4-17-10(7-9(2)16-17)8-12(15-3)13-11(14)5-6-18-13/h5-7,12,15H,4,8H2,1-3H3. The van der Waals surface area contributed by atoms with Crippen molar-refractivity contribution in [2.75, 3.05) is 7.05 Å². The highest BCUT2D eigenvalue weighted by atomic mass is 35.5. The summed E-state index contributed by atoms with van der Waals surface area (Å²) in [6.07, 6.45) is 0.908. The molecule has 2 aromatic heterocycles. The number of aryl methyl sites for hydroxylation is 2. The molecule has 1 atom stereocenters. The molecule has 0 saturated carbocycles. The van der Waals surface area contributed by atoms with Crippen LogP contribution in [0.1, 0.15) is 29.2 Å². The molecule has 18 heavy (non-hydrogen) atoms. The quantitative estimate of drug-likeness (QED) is 0.911. The fourth-order valence-corrected chi connectivity index (χ4v) is 3.43. The van der Waals surface area contributed by atoms with Gasteiger partial charge in [0.2, 0.25) is 0 Å². The third-order valence-corrected chi connectivity index (χ3v) is 4.48. The summed E-state index contributed by atoms with van der Waals surface area (Å²) >= 11 is 7.90. The molecule has 0 aromatic carbocycles. The van der Waals surface area contributed by atoms with Crippen molar-refractivity contribution in [3.63, 3.8) is 0 Å². The number of rotatable bonds is 5. The zero-order valence-corrected chi connectivity index (χ0v) is 12.5. The Morgan fingerprint density at radius 2 is 2.33 bits per heavy atom. The maximum Gasteiger partial charge on any atom is 0.0596 e. The van der Waals surface area contributed by atoms with E-state index >= 15 is 0 Å². The van der Waals surface area contributed by atoms with E-state index in [1.165, 1.54) is 10.6 Å². The molecule has 0 bridgehead atoms. The van der Waals surface area contributed by atoms with E-state index in [1.807, 2.05) is 25.4 Å². The summed E-state index contributed by atoms with van der Waals surface area (Å²) in [5.74, 6) is 0. The van der Waals surface area contributed by atoms with Crippen molar-refractivity contribution in [1.29, 1.82) is 0 Å². The zero-order valence-electron chi connectivity index (χ0n) is 10.9. The molecule has 0 aliphatic heterocycles. The Hall–Kier alpha value is -0.840. The van der Waals surface area contributed by atoms with E-state index in [9.17, 15) is 0 Å². The predicted octanol–water partition coefficient (Wildman–Crippen LogP) is 3.43. The lowest BCUT2D eigenvalue weighted by Crippen LogP contribution is -2.19. The number of hydrogen-bond acceptors (Lipinski definition) is 3. The van der Waals surface area contributed by atoms with Crippen LogP contribution in [0.4, 0.5) is 0 Å². The van der Waals surface area contributed by atoms with Crippen LogP contribution >= 0.6 is 22.9 Å². The molecular formula is C13H18ClN3S. The average Bonchev–Trinajstić information content (AvgIpc) is 2.92. The van der Waals surface area contributed by atoms with Gasteiger partial charge in [-0.3, -0.25) is 4.68 Å². The molecule has 3 nitrogen and oxygen atoms in total. The Balaban J connectivity index is 2.23. The minimum Gasteiger partial charge on any atom is -0.312 e. The Labute approximate surface area is 117 Å². The van der Waals surface area contributed by atoms with Crippen molar-refractivity contribution >= 4 is 22.9 Å². The summed E-state index contributed by atoms with van der Waals surface area (Å²) in [7, 11) is 1.97. The van der Waals surface area contributed by atoms with Gasteiger partial charge in [-0.15, -0.1) is 11.3 Å². The SMILES string of the molecule is CCn1nc(C)cc1CC(NC)c1sccc1Cl. The van der Waals surface area contributed by atoms with Crippen molar-refractivity contribution in [3.8, 4) is 0 Å². The van der Waals surface area contributed by atoms with Gasteiger partial charge in [0.15, 0.2) is 0 Å². The van der Waals surface area contributed by atoms with Crippen molar-refractivity contribution in [2.24, 2.45) is 0 Å². The van der Waals surface area contributed by atoms with Crippen LogP contribution in [0.25, 0.3) is 0 Å². The second-order valence-corrected chi connectivity index (χ2v) is 5.63. The highest BCUT2D eigenvalue weighted by molar-refractivity contribution is 7.10. The molecule has 2 heterocycles. The first-order chi connectivity index (χ1) is 8.65.